The molecule has 0 aliphatic carbocycles. The molecule has 2 aromatic carbocycles. The number of benzene rings is 2. The highest BCUT2D eigenvalue weighted by atomic mass is 35.5. The number of amides is 1. The van der Waals surface area contributed by atoms with E-state index in [4.69, 9.17) is 23.2 Å². The number of anilines is 1. The largest absolute Gasteiger partial charge is 0.325 e. The lowest BCUT2D eigenvalue weighted by atomic mass is 10.3. The molecule has 0 saturated carbocycles. The Morgan fingerprint density at radius 2 is 1.87 bits per heavy atom. The predicted octanol–water partition coefficient (Wildman–Crippen LogP) is 5.51. The third-order valence-corrected chi connectivity index (χ3v) is 5.62. The van der Waals surface area contributed by atoms with Crippen LogP contribution in [0.4, 0.5) is 10.1 Å². The molecule has 0 unspecified atom stereocenters. The highest BCUT2D eigenvalue weighted by Crippen LogP contribution is 2.28. The van der Waals surface area contributed by atoms with Gasteiger partial charge in [-0.2, -0.15) is 0 Å². The van der Waals surface area contributed by atoms with E-state index < -0.39 is 5.82 Å². The summed E-state index contributed by atoms with van der Waals surface area (Å²) in [6.45, 7) is 0. The Hall–Kier alpha value is -2.94. The number of carbonyl (C=O) groups excluding carboxylic acids is 1. The van der Waals surface area contributed by atoms with E-state index in [1.54, 1.807) is 18.3 Å². The number of nitrogens with one attached hydrogen (secondary N) is 1. The average Bonchev–Trinajstić information content (AvgIpc) is 3.20. The summed E-state index contributed by atoms with van der Waals surface area (Å²) in [5.41, 5.74) is 1.83. The van der Waals surface area contributed by atoms with Gasteiger partial charge < -0.3 is 5.32 Å². The first-order chi connectivity index (χ1) is 15.0. The summed E-state index contributed by atoms with van der Waals surface area (Å²) in [4.78, 5) is 16.7. The Morgan fingerprint density at radius 3 is 2.58 bits per heavy atom. The van der Waals surface area contributed by atoms with Gasteiger partial charge in [0.15, 0.2) is 11.0 Å². The standard InChI is InChI=1S/C21H14Cl2FN5OS/c22-13-4-7-15(8-5-13)29-20(18-3-1-2-10-25-18)27-28-21(29)31-12-19(30)26-14-6-9-17(24)16(23)11-14/h1-11H,12H2,(H,26,30). The van der Waals surface area contributed by atoms with E-state index in [2.05, 4.69) is 20.5 Å². The smallest absolute Gasteiger partial charge is 0.234 e. The predicted molar refractivity (Wildman–Crippen MR) is 120 cm³/mol. The molecule has 0 aliphatic rings. The first-order valence-electron chi connectivity index (χ1n) is 9.02. The van der Waals surface area contributed by atoms with Crippen molar-refractivity contribution in [3.05, 3.63) is 82.7 Å². The van der Waals surface area contributed by atoms with E-state index >= 15 is 0 Å². The van der Waals surface area contributed by atoms with Crippen molar-refractivity contribution in [2.24, 2.45) is 0 Å². The van der Waals surface area contributed by atoms with Crippen LogP contribution < -0.4 is 5.32 Å². The van der Waals surface area contributed by atoms with Crippen molar-refractivity contribution in [3.8, 4) is 17.2 Å². The molecular formula is C21H14Cl2FN5OS. The molecule has 0 bridgehead atoms. The molecule has 0 spiro atoms. The van der Waals surface area contributed by atoms with E-state index in [0.29, 0.717) is 27.4 Å². The van der Waals surface area contributed by atoms with Crippen LogP contribution in [0.15, 0.2) is 72.0 Å². The van der Waals surface area contributed by atoms with Gasteiger partial charge in [0.1, 0.15) is 11.5 Å². The van der Waals surface area contributed by atoms with Crippen molar-refractivity contribution < 1.29 is 9.18 Å². The summed E-state index contributed by atoms with van der Waals surface area (Å²) in [7, 11) is 0. The molecule has 156 valence electrons. The van der Waals surface area contributed by atoms with E-state index in [1.165, 1.54) is 30.0 Å². The highest BCUT2D eigenvalue weighted by molar-refractivity contribution is 7.99. The first-order valence-corrected chi connectivity index (χ1v) is 10.8. The van der Waals surface area contributed by atoms with Crippen molar-refractivity contribution in [1.29, 1.82) is 0 Å². The minimum atomic E-state index is -0.549. The van der Waals surface area contributed by atoms with E-state index in [1.807, 2.05) is 34.9 Å². The molecule has 1 amide bonds. The average molecular weight is 474 g/mol. The normalized spacial score (nSPS) is 10.8. The number of halogens is 3. The lowest BCUT2D eigenvalue weighted by Gasteiger charge is -2.10. The molecule has 0 saturated heterocycles. The van der Waals surface area contributed by atoms with Crippen molar-refractivity contribution in [2.75, 3.05) is 11.1 Å². The molecule has 10 heteroatoms. The summed E-state index contributed by atoms with van der Waals surface area (Å²) in [6.07, 6.45) is 1.67. The number of rotatable bonds is 6. The van der Waals surface area contributed by atoms with Crippen LogP contribution in [0.1, 0.15) is 0 Å². The molecule has 0 radical (unpaired) electrons. The maximum atomic E-state index is 13.3. The monoisotopic (exact) mass is 473 g/mol. The van der Waals surface area contributed by atoms with Crippen LogP contribution in [0.25, 0.3) is 17.2 Å². The van der Waals surface area contributed by atoms with Gasteiger partial charge in [0.2, 0.25) is 5.91 Å². The molecule has 1 N–H and O–H groups in total. The molecule has 2 heterocycles. The van der Waals surface area contributed by atoms with Crippen LogP contribution in [0.5, 0.6) is 0 Å². The fourth-order valence-corrected chi connectivity index (χ4v) is 3.81. The maximum Gasteiger partial charge on any atom is 0.234 e. The van der Waals surface area contributed by atoms with Crippen LogP contribution in [0.2, 0.25) is 10.0 Å². The van der Waals surface area contributed by atoms with Crippen LogP contribution in [-0.2, 0) is 4.79 Å². The number of hydrogen-bond acceptors (Lipinski definition) is 5. The minimum absolute atomic E-state index is 0.0585. The number of nitrogens with zero attached hydrogens (tertiary/aromatic N) is 4. The lowest BCUT2D eigenvalue weighted by molar-refractivity contribution is -0.113. The van der Waals surface area contributed by atoms with E-state index in [9.17, 15) is 9.18 Å². The Morgan fingerprint density at radius 1 is 1.06 bits per heavy atom. The second kappa shape index (κ2) is 9.47. The molecular weight excluding hydrogens is 460 g/mol. The molecule has 4 aromatic rings. The zero-order valence-corrected chi connectivity index (χ0v) is 18.1. The lowest BCUT2D eigenvalue weighted by Crippen LogP contribution is -2.14. The second-order valence-corrected chi connectivity index (χ2v) is 8.08. The maximum absolute atomic E-state index is 13.3. The summed E-state index contributed by atoms with van der Waals surface area (Å²) >= 11 is 13.0. The van der Waals surface area contributed by atoms with Gasteiger partial charge in [0, 0.05) is 22.6 Å². The van der Waals surface area contributed by atoms with Crippen molar-refractivity contribution in [1.82, 2.24) is 19.7 Å². The summed E-state index contributed by atoms with van der Waals surface area (Å²) < 4.78 is 15.1. The van der Waals surface area contributed by atoms with Crippen LogP contribution in [0.3, 0.4) is 0 Å². The van der Waals surface area contributed by atoms with Crippen molar-refractivity contribution >= 4 is 46.6 Å². The Kier molecular flexibility index (Phi) is 6.50. The van der Waals surface area contributed by atoms with Crippen LogP contribution in [-0.4, -0.2) is 31.4 Å². The Balaban J connectivity index is 1.57. The summed E-state index contributed by atoms with van der Waals surface area (Å²) in [5.74, 6) is -0.246. The zero-order chi connectivity index (χ0) is 21.8. The van der Waals surface area contributed by atoms with Gasteiger partial charge in [0.25, 0.3) is 0 Å². The SMILES string of the molecule is O=C(CSc1nnc(-c2ccccn2)n1-c1ccc(Cl)cc1)Nc1ccc(F)c(Cl)c1. The number of thioether (sulfide) groups is 1. The van der Waals surface area contributed by atoms with E-state index in [-0.39, 0.29) is 16.7 Å². The third-order valence-electron chi connectivity index (χ3n) is 4.15. The van der Waals surface area contributed by atoms with Gasteiger partial charge in [-0.3, -0.25) is 14.3 Å². The van der Waals surface area contributed by atoms with Gasteiger partial charge in [-0.1, -0.05) is 41.0 Å². The fourth-order valence-electron chi connectivity index (χ4n) is 2.75. The summed E-state index contributed by atoms with van der Waals surface area (Å²) in [6, 6.07) is 16.7. The van der Waals surface area contributed by atoms with E-state index in [0.717, 1.165) is 5.69 Å². The molecule has 4 rings (SSSR count). The number of aromatic nitrogens is 4. The molecule has 2 aromatic heterocycles. The van der Waals surface area contributed by atoms with Gasteiger partial charge in [-0.25, -0.2) is 4.39 Å². The molecule has 0 fully saturated rings. The van der Waals surface area contributed by atoms with Gasteiger partial charge in [0.05, 0.1) is 10.8 Å². The van der Waals surface area contributed by atoms with Gasteiger partial charge in [-0.05, 0) is 54.6 Å². The first kappa shape index (κ1) is 21.3. The van der Waals surface area contributed by atoms with Gasteiger partial charge in [-0.15, -0.1) is 10.2 Å². The number of hydrogen-bond donors (Lipinski definition) is 1. The number of pyridine rings is 1. The molecule has 31 heavy (non-hydrogen) atoms. The molecule has 6 nitrogen and oxygen atoms in total. The van der Waals surface area contributed by atoms with Crippen molar-refractivity contribution in [2.45, 2.75) is 5.16 Å². The fraction of sp³-hybridized carbons (Fsp3) is 0.0476. The quantitative estimate of drug-likeness (QED) is 0.374. The minimum Gasteiger partial charge on any atom is -0.325 e. The Bertz CT molecular complexity index is 1220. The summed E-state index contributed by atoms with van der Waals surface area (Å²) in [5, 5.41) is 12.3. The zero-order valence-electron chi connectivity index (χ0n) is 15.8. The van der Waals surface area contributed by atoms with Crippen LogP contribution >= 0.6 is 35.0 Å². The highest BCUT2D eigenvalue weighted by Gasteiger charge is 2.18. The Labute approximate surface area is 191 Å². The third kappa shape index (κ3) is 5.04. The topological polar surface area (TPSA) is 72.7 Å². The number of carbonyl (C=O) groups is 1. The molecule has 0 atom stereocenters. The van der Waals surface area contributed by atoms with Crippen molar-refractivity contribution in [3.63, 3.8) is 0 Å². The van der Waals surface area contributed by atoms with Crippen LogP contribution in [0, 0.1) is 5.82 Å². The molecule has 0 aliphatic heterocycles. The van der Waals surface area contributed by atoms with Gasteiger partial charge >= 0.3 is 0 Å². The second-order valence-electron chi connectivity index (χ2n) is 6.30.